The van der Waals surface area contributed by atoms with E-state index in [9.17, 15) is 10.4 Å². The van der Waals surface area contributed by atoms with Crippen molar-refractivity contribution in [3.05, 3.63) is 23.0 Å². The zero-order valence-corrected chi connectivity index (χ0v) is 14.3. The minimum absolute atomic E-state index is 0.205. The minimum Gasteiger partial charge on any atom is -0.501 e. The minimum atomic E-state index is -1.10. The lowest BCUT2D eigenvalue weighted by Crippen LogP contribution is -2.50. The summed E-state index contributed by atoms with van der Waals surface area (Å²) < 4.78 is 5.46. The zero-order chi connectivity index (χ0) is 16.2. The van der Waals surface area contributed by atoms with Crippen LogP contribution in [-0.4, -0.2) is 17.8 Å². The van der Waals surface area contributed by atoms with Crippen molar-refractivity contribution in [3.8, 4) is 6.07 Å². The van der Waals surface area contributed by atoms with E-state index in [2.05, 4.69) is 19.1 Å². The second-order valence-corrected chi connectivity index (χ2v) is 8.27. The third-order valence-corrected chi connectivity index (χ3v) is 7.65. The first kappa shape index (κ1) is 15.3. The maximum Gasteiger partial charge on any atom is 0.156 e. The summed E-state index contributed by atoms with van der Waals surface area (Å²) in [5, 5.41) is 20.4. The van der Waals surface area contributed by atoms with Gasteiger partial charge in [-0.15, -0.1) is 0 Å². The van der Waals surface area contributed by atoms with Crippen LogP contribution in [0.4, 0.5) is 0 Å². The van der Waals surface area contributed by atoms with Gasteiger partial charge in [-0.05, 0) is 68.8 Å². The lowest BCUT2D eigenvalue weighted by molar-refractivity contribution is -0.0719. The highest BCUT2D eigenvalue weighted by molar-refractivity contribution is 5.33. The molecular weight excluding hydrogens is 286 g/mol. The molecule has 23 heavy (non-hydrogen) atoms. The molecule has 0 spiro atoms. The second kappa shape index (κ2) is 5.11. The summed E-state index contributed by atoms with van der Waals surface area (Å²) in [6, 6.07) is 2.26. The van der Waals surface area contributed by atoms with Crippen LogP contribution in [0, 0.1) is 34.5 Å². The Morgan fingerprint density at radius 2 is 2.13 bits per heavy atom. The van der Waals surface area contributed by atoms with E-state index in [4.69, 9.17) is 4.74 Å². The van der Waals surface area contributed by atoms with E-state index in [1.54, 1.807) is 18.3 Å². The van der Waals surface area contributed by atoms with Crippen LogP contribution >= 0.6 is 0 Å². The van der Waals surface area contributed by atoms with Crippen molar-refractivity contribution in [1.82, 2.24) is 0 Å². The first-order valence-electron chi connectivity index (χ1n) is 9.10. The average Bonchev–Trinajstić information content (AvgIpc) is 2.86. The highest BCUT2D eigenvalue weighted by Gasteiger charge is 2.62. The van der Waals surface area contributed by atoms with Crippen LogP contribution in [0.5, 0.6) is 0 Å². The number of hydrogen-bond acceptors (Lipinski definition) is 3. The van der Waals surface area contributed by atoms with E-state index in [1.807, 2.05) is 0 Å². The molecule has 4 aliphatic carbocycles. The molecule has 0 aliphatic heterocycles. The predicted molar refractivity (Wildman–Crippen MR) is 88.2 cm³/mol. The molecule has 5 atom stereocenters. The van der Waals surface area contributed by atoms with E-state index in [0.29, 0.717) is 24.2 Å². The quantitative estimate of drug-likeness (QED) is 0.586. The molecule has 4 aliphatic rings. The maximum atomic E-state index is 10.8. The first-order chi connectivity index (χ1) is 11.0. The number of ether oxygens (including phenoxy) is 1. The highest BCUT2D eigenvalue weighted by atomic mass is 16.5. The SMILES string of the molecule is COC1=CCC2=C(CC[C@@H]3[C@@H]2CC[C@@]2(C)[C@H]3CC[C@]2(O)C#N)C1. The first-order valence-corrected chi connectivity index (χ1v) is 9.10. The van der Waals surface area contributed by atoms with Gasteiger partial charge in [0.15, 0.2) is 5.60 Å². The molecule has 4 rings (SSSR count). The molecule has 0 aromatic carbocycles. The summed E-state index contributed by atoms with van der Waals surface area (Å²) in [6.07, 6.45) is 10.5. The number of rotatable bonds is 1. The molecule has 3 nitrogen and oxygen atoms in total. The standard InChI is InChI=1S/C20H27NO2/c1-19-9-7-16-15-6-4-14(23-2)11-13(15)3-5-17(16)18(19)8-10-20(19,22)12-21/h4,16-18,22H,3,5-11H2,1-2H3/t16-,17-,18+,19+,20+/m1/s1. The molecule has 0 amide bonds. The van der Waals surface area contributed by atoms with E-state index in [-0.39, 0.29) is 5.41 Å². The van der Waals surface area contributed by atoms with Gasteiger partial charge in [0.1, 0.15) is 0 Å². The van der Waals surface area contributed by atoms with Gasteiger partial charge in [0, 0.05) is 11.8 Å². The van der Waals surface area contributed by atoms with Crippen molar-refractivity contribution < 1.29 is 9.84 Å². The molecule has 0 unspecified atom stereocenters. The van der Waals surface area contributed by atoms with Gasteiger partial charge in [-0.2, -0.15) is 5.26 Å². The Bertz CT molecular complexity index is 628. The molecule has 2 saturated carbocycles. The molecule has 0 radical (unpaired) electrons. The van der Waals surface area contributed by atoms with Gasteiger partial charge in [-0.25, -0.2) is 0 Å². The fourth-order valence-corrected chi connectivity index (χ4v) is 6.25. The molecule has 0 bridgehead atoms. The van der Waals surface area contributed by atoms with E-state index in [0.717, 1.165) is 37.9 Å². The number of aliphatic hydroxyl groups is 1. The fourth-order valence-electron chi connectivity index (χ4n) is 6.25. The molecule has 3 heteroatoms. The van der Waals surface area contributed by atoms with Gasteiger partial charge in [-0.1, -0.05) is 18.1 Å². The summed E-state index contributed by atoms with van der Waals surface area (Å²) >= 11 is 0. The summed E-state index contributed by atoms with van der Waals surface area (Å²) in [4.78, 5) is 0. The summed E-state index contributed by atoms with van der Waals surface area (Å²) in [5.74, 6) is 2.97. The lowest BCUT2D eigenvalue weighted by Gasteiger charge is -2.52. The summed E-state index contributed by atoms with van der Waals surface area (Å²) in [7, 11) is 1.77. The van der Waals surface area contributed by atoms with Crippen LogP contribution in [0.3, 0.4) is 0 Å². The van der Waals surface area contributed by atoms with Crippen molar-refractivity contribution in [2.24, 2.45) is 23.2 Å². The Kier molecular flexibility index (Phi) is 3.39. The van der Waals surface area contributed by atoms with Crippen LogP contribution in [-0.2, 0) is 4.74 Å². The number of nitriles is 1. The van der Waals surface area contributed by atoms with Crippen molar-refractivity contribution in [2.45, 2.75) is 63.9 Å². The molecule has 1 N–H and O–H groups in total. The Labute approximate surface area is 139 Å². The van der Waals surface area contributed by atoms with Gasteiger partial charge in [0.05, 0.1) is 18.9 Å². The predicted octanol–water partition coefficient (Wildman–Crippen LogP) is 4.10. The molecular formula is C20H27NO2. The third kappa shape index (κ3) is 1.97. The van der Waals surface area contributed by atoms with Crippen LogP contribution in [0.1, 0.15) is 58.3 Å². The molecule has 0 aromatic heterocycles. The van der Waals surface area contributed by atoms with Crippen molar-refractivity contribution in [2.75, 3.05) is 7.11 Å². The van der Waals surface area contributed by atoms with Gasteiger partial charge in [0.25, 0.3) is 0 Å². The van der Waals surface area contributed by atoms with Crippen LogP contribution in [0.2, 0.25) is 0 Å². The Balaban J connectivity index is 1.63. The van der Waals surface area contributed by atoms with E-state index >= 15 is 0 Å². The summed E-state index contributed by atoms with van der Waals surface area (Å²) in [5.41, 5.74) is 1.97. The van der Waals surface area contributed by atoms with E-state index < -0.39 is 5.60 Å². The van der Waals surface area contributed by atoms with Crippen LogP contribution in [0.15, 0.2) is 23.0 Å². The smallest absolute Gasteiger partial charge is 0.156 e. The average molecular weight is 313 g/mol. The van der Waals surface area contributed by atoms with Gasteiger partial charge < -0.3 is 9.84 Å². The van der Waals surface area contributed by atoms with Gasteiger partial charge >= 0.3 is 0 Å². The number of fused-ring (bicyclic) bond motifs is 4. The monoisotopic (exact) mass is 313 g/mol. The zero-order valence-electron chi connectivity index (χ0n) is 14.3. The van der Waals surface area contributed by atoms with E-state index in [1.165, 1.54) is 12.8 Å². The lowest BCUT2D eigenvalue weighted by atomic mass is 9.53. The van der Waals surface area contributed by atoms with Crippen molar-refractivity contribution in [1.29, 1.82) is 5.26 Å². The summed E-state index contributed by atoms with van der Waals surface area (Å²) in [6.45, 7) is 2.18. The van der Waals surface area contributed by atoms with Gasteiger partial charge in [0.2, 0.25) is 0 Å². The number of methoxy groups -OCH3 is 1. The topological polar surface area (TPSA) is 53.2 Å². The number of nitrogens with zero attached hydrogens (tertiary/aromatic N) is 1. The molecule has 0 heterocycles. The van der Waals surface area contributed by atoms with Crippen LogP contribution < -0.4 is 0 Å². The Morgan fingerprint density at radius 1 is 1.30 bits per heavy atom. The largest absolute Gasteiger partial charge is 0.501 e. The maximum absolute atomic E-state index is 10.8. The normalized spacial score (nSPS) is 45.5. The Morgan fingerprint density at radius 3 is 2.87 bits per heavy atom. The van der Waals surface area contributed by atoms with Gasteiger partial charge in [-0.3, -0.25) is 0 Å². The Hall–Kier alpha value is -1.27. The number of hydrogen-bond donors (Lipinski definition) is 1. The van der Waals surface area contributed by atoms with Crippen molar-refractivity contribution >= 4 is 0 Å². The van der Waals surface area contributed by atoms with Crippen LogP contribution in [0.25, 0.3) is 0 Å². The molecule has 124 valence electrons. The number of allylic oxidation sites excluding steroid dienone is 3. The molecule has 0 aromatic rings. The third-order valence-electron chi connectivity index (χ3n) is 7.65. The molecule has 0 saturated heterocycles. The fraction of sp³-hybridized carbons (Fsp3) is 0.750. The molecule has 2 fully saturated rings. The highest BCUT2D eigenvalue weighted by Crippen LogP contribution is 2.64. The second-order valence-electron chi connectivity index (χ2n) is 8.27. The van der Waals surface area contributed by atoms with Crippen molar-refractivity contribution in [3.63, 3.8) is 0 Å².